The largest absolute Gasteiger partial charge is 0.493 e. The molecule has 0 spiro atoms. The van der Waals surface area contributed by atoms with Crippen LogP contribution in [0.4, 0.5) is 0 Å². The third-order valence-electron chi connectivity index (χ3n) is 2.50. The fourth-order valence-electron chi connectivity index (χ4n) is 1.66. The van der Waals surface area contributed by atoms with Crippen LogP contribution in [0.1, 0.15) is 19.7 Å². The maximum absolute atomic E-state index is 6.22. The van der Waals surface area contributed by atoms with Crippen LogP contribution >= 0.6 is 11.6 Å². The van der Waals surface area contributed by atoms with E-state index in [0.717, 1.165) is 0 Å². The molecule has 2 N–H and O–H groups in total. The van der Waals surface area contributed by atoms with Gasteiger partial charge in [0.15, 0.2) is 11.5 Å². The topological polar surface area (TPSA) is 83.4 Å². The molecule has 2 rings (SSSR count). The van der Waals surface area contributed by atoms with E-state index in [1.807, 2.05) is 13.8 Å². The maximum atomic E-state index is 6.22. The van der Waals surface area contributed by atoms with Gasteiger partial charge >= 0.3 is 0 Å². The Hall–Kier alpha value is -1.79. The monoisotopic (exact) mass is 297 g/mol. The first-order valence-corrected chi connectivity index (χ1v) is 6.50. The Morgan fingerprint density at radius 2 is 2.10 bits per heavy atom. The molecule has 6 nitrogen and oxygen atoms in total. The zero-order valence-corrected chi connectivity index (χ0v) is 12.3. The summed E-state index contributed by atoms with van der Waals surface area (Å²) in [6.07, 6.45) is 0.00259. The molecule has 0 fully saturated rings. The number of ether oxygens (including phenoxy) is 2. The van der Waals surface area contributed by atoms with Crippen molar-refractivity contribution in [1.82, 2.24) is 10.1 Å². The molecule has 1 heterocycles. The number of methoxy groups -OCH3 is 1. The minimum absolute atomic E-state index is 0.00259. The maximum Gasteiger partial charge on any atom is 0.240 e. The first kappa shape index (κ1) is 14.6. The quantitative estimate of drug-likeness (QED) is 0.913. The van der Waals surface area contributed by atoms with Crippen molar-refractivity contribution < 1.29 is 14.0 Å². The fourth-order valence-corrected chi connectivity index (χ4v) is 1.90. The predicted octanol–water partition coefficient (Wildman–Crippen LogP) is 2.64. The van der Waals surface area contributed by atoms with Gasteiger partial charge in [0.25, 0.3) is 0 Å². The molecule has 0 atom stereocenters. The summed E-state index contributed by atoms with van der Waals surface area (Å²) in [5, 5.41) is 4.29. The van der Waals surface area contributed by atoms with Gasteiger partial charge in [0.2, 0.25) is 11.7 Å². The summed E-state index contributed by atoms with van der Waals surface area (Å²) in [6.45, 7) is 4.03. The van der Waals surface area contributed by atoms with Crippen molar-refractivity contribution >= 4 is 11.6 Å². The van der Waals surface area contributed by atoms with Gasteiger partial charge in [-0.1, -0.05) is 16.8 Å². The van der Waals surface area contributed by atoms with Crippen molar-refractivity contribution in [3.8, 4) is 22.9 Å². The molecule has 0 aliphatic rings. The van der Waals surface area contributed by atoms with Crippen molar-refractivity contribution in [2.75, 3.05) is 7.11 Å². The van der Waals surface area contributed by atoms with Crippen molar-refractivity contribution in [2.45, 2.75) is 26.5 Å². The zero-order valence-electron chi connectivity index (χ0n) is 11.5. The lowest BCUT2D eigenvalue weighted by Crippen LogP contribution is -2.07. The Morgan fingerprint density at radius 3 is 2.65 bits per heavy atom. The summed E-state index contributed by atoms with van der Waals surface area (Å²) < 4.78 is 15.9. The van der Waals surface area contributed by atoms with E-state index in [9.17, 15) is 0 Å². The lowest BCUT2D eigenvalue weighted by atomic mass is 10.2. The molecule has 2 aromatic rings. The number of benzene rings is 1. The molecule has 0 unspecified atom stereocenters. The highest BCUT2D eigenvalue weighted by Gasteiger charge is 2.17. The standard InChI is InChI=1S/C13H16ClN3O3/c1-7(2)19-11-4-8(9(14)5-10(11)18-3)13-16-12(6-15)20-17-13/h4-5,7H,6,15H2,1-3H3. The highest BCUT2D eigenvalue weighted by Crippen LogP contribution is 2.37. The SMILES string of the molecule is COc1cc(Cl)c(-c2noc(CN)n2)cc1OC(C)C. The van der Waals surface area contributed by atoms with Crippen LogP contribution in [-0.2, 0) is 6.54 Å². The van der Waals surface area contributed by atoms with Crippen molar-refractivity contribution in [3.63, 3.8) is 0 Å². The van der Waals surface area contributed by atoms with Crippen LogP contribution < -0.4 is 15.2 Å². The molecule has 108 valence electrons. The molecule has 0 amide bonds. The number of hydrogen-bond acceptors (Lipinski definition) is 6. The van der Waals surface area contributed by atoms with Crippen LogP contribution in [0.3, 0.4) is 0 Å². The Morgan fingerprint density at radius 1 is 1.35 bits per heavy atom. The van der Waals surface area contributed by atoms with E-state index in [0.29, 0.717) is 33.8 Å². The summed E-state index contributed by atoms with van der Waals surface area (Å²) in [6, 6.07) is 3.39. The molecule has 20 heavy (non-hydrogen) atoms. The Bertz CT molecular complexity index is 599. The van der Waals surface area contributed by atoms with E-state index >= 15 is 0 Å². The van der Waals surface area contributed by atoms with E-state index in [-0.39, 0.29) is 12.6 Å². The molecular weight excluding hydrogens is 282 g/mol. The number of hydrogen-bond donors (Lipinski definition) is 1. The third-order valence-corrected chi connectivity index (χ3v) is 2.81. The Labute approximate surface area is 121 Å². The fraction of sp³-hybridized carbons (Fsp3) is 0.385. The predicted molar refractivity (Wildman–Crippen MR) is 75.0 cm³/mol. The Kier molecular flexibility index (Phi) is 4.46. The van der Waals surface area contributed by atoms with Gasteiger partial charge in [-0.3, -0.25) is 0 Å². The van der Waals surface area contributed by atoms with Crippen LogP contribution in [0.5, 0.6) is 11.5 Å². The minimum Gasteiger partial charge on any atom is -0.493 e. The second kappa shape index (κ2) is 6.11. The van der Waals surface area contributed by atoms with Gasteiger partial charge in [0, 0.05) is 11.6 Å². The zero-order chi connectivity index (χ0) is 14.7. The van der Waals surface area contributed by atoms with E-state index < -0.39 is 0 Å². The van der Waals surface area contributed by atoms with E-state index in [1.165, 1.54) is 0 Å². The van der Waals surface area contributed by atoms with Crippen molar-refractivity contribution in [1.29, 1.82) is 0 Å². The van der Waals surface area contributed by atoms with Crippen molar-refractivity contribution in [2.24, 2.45) is 5.73 Å². The highest BCUT2D eigenvalue weighted by atomic mass is 35.5. The molecular formula is C13H16ClN3O3. The highest BCUT2D eigenvalue weighted by molar-refractivity contribution is 6.33. The second-order valence-electron chi connectivity index (χ2n) is 4.37. The number of aromatic nitrogens is 2. The molecule has 1 aromatic heterocycles. The van der Waals surface area contributed by atoms with Crippen LogP contribution in [0.2, 0.25) is 5.02 Å². The minimum atomic E-state index is 0.00259. The van der Waals surface area contributed by atoms with E-state index in [4.69, 9.17) is 31.3 Å². The van der Waals surface area contributed by atoms with E-state index in [1.54, 1.807) is 19.2 Å². The molecule has 0 radical (unpaired) electrons. The van der Waals surface area contributed by atoms with Gasteiger partial charge in [-0.05, 0) is 19.9 Å². The summed E-state index contributed by atoms with van der Waals surface area (Å²) >= 11 is 6.22. The van der Waals surface area contributed by atoms with Gasteiger partial charge < -0.3 is 19.7 Å². The van der Waals surface area contributed by atoms with Gasteiger partial charge in [0.1, 0.15) is 0 Å². The van der Waals surface area contributed by atoms with Gasteiger partial charge in [0.05, 0.1) is 24.8 Å². The Balaban J connectivity index is 2.47. The molecule has 0 saturated heterocycles. The molecule has 0 aliphatic carbocycles. The second-order valence-corrected chi connectivity index (χ2v) is 4.77. The summed E-state index contributed by atoms with van der Waals surface area (Å²) in [7, 11) is 1.55. The van der Waals surface area contributed by atoms with E-state index in [2.05, 4.69) is 10.1 Å². The molecule has 1 aromatic carbocycles. The summed E-state index contributed by atoms with van der Waals surface area (Å²) in [4.78, 5) is 4.15. The molecule has 0 saturated carbocycles. The number of halogens is 1. The summed E-state index contributed by atoms with van der Waals surface area (Å²) in [5.74, 6) is 1.83. The average molecular weight is 298 g/mol. The van der Waals surface area contributed by atoms with Crippen LogP contribution in [0.25, 0.3) is 11.4 Å². The number of nitrogens with two attached hydrogens (primary N) is 1. The number of nitrogens with zero attached hydrogens (tertiary/aromatic N) is 2. The lowest BCUT2D eigenvalue weighted by molar-refractivity contribution is 0.230. The van der Waals surface area contributed by atoms with Crippen LogP contribution in [0.15, 0.2) is 16.7 Å². The molecule has 0 aliphatic heterocycles. The first-order chi connectivity index (χ1) is 9.55. The molecule has 0 bridgehead atoms. The first-order valence-electron chi connectivity index (χ1n) is 6.12. The van der Waals surface area contributed by atoms with Gasteiger partial charge in [-0.2, -0.15) is 4.98 Å². The average Bonchev–Trinajstić information content (AvgIpc) is 2.88. The lowest BCUT2D eigenvalue weighted by Gasteiger charge is -2.15. The summed E-state index contributed by atoms with van der Waals surface area (Å²) in [5.41, 5.74) is 6.05. The van der Waals surface area contributed by atoms with Crippen LogP contribution in [-0.4, -0.2) is 23.4 Å². The van der Waals surface area contributed by atoms with Crippen LogP contribution in [0, 0.1) is 0 Å². The molecule has 7 heteroatoms. The number of rotatable bonds is 5. The van der Waals surface area contributed by atoms with Crippen molar-refractivity contribution in [3.05, 3.63) is 23.0 Å². The smallest absolute Gasteiger partial charge is 0.240 e. The normalized spacial score (nSPS) is 10.9. The van der Waals surface area contributed by atoms with Gasteiger partial charge in [-0.15, -0.1) is 0 Å². The third kappa shape index (κ3) is 3.02. The van der Waals surface area contributed by atoms with Gasteiger partial charge in [-0.25, -0.2) is 0 Å².